The molecule has 0 fully saturated rings. The minimum atomic E-state index is -4.96. The zero-order chi connectivity index (χ0) is 71.4. The van der Waals surface area contributed by atoms with Crippen molar-refractivity contribution in [2.24, 2.45) is 11.8 Å². The molecule has 0 aromatic rings. The molecule has 7 atom stereocenters. The van der Waals surface area contributed by atoms with Crippen molar-refractivity contribution in [2.75, 3.05) is 39.6 Å². The van der Waals surface area contributed by atoms with Crippen LogP contribution in [0.3, 0.4) is 0 Å². The Labute approximate surface area is 594 Å². The van der Waals surface area contributed by atoms with E-state index in [0.29, 0.717) is 25.7 Å². The van der Waals surface area contributed by atoms with E-state index in [9.17, 15) is 43.2 Å². The first kappa shape index (κ1) is 95.1. The Balaban J connectivity index is 5.25. The highest BCUT2D eigenvalue weighted by Gasteiger charge is 2.30. The van der Waals surface area contributed by atoms with Gasteiger partial charge in [-0.15, -0.1) is 0 Å². The number of ether oxygens (including phenoxy) is 4. The number of aliphatic hydroxyl groups excluding tert-OH is 1. The largest absolute Gasteiger partial charge is 0.472 e. The molecule has 0 saturated carbocycles. The molecule has 0 aliphatic heterocycles. The second-order valence-corrected chi connectivity index (χ2v) is 31.5. The minimum Gasteiger partial charge on any atom is -0.462 e. The number of carbonyl (C=O) groups is 4. The van der Waals surface area contributed by atoms with Crippen LogP contribution in [0, 0.1) is 11.8 Å². The number of phosphoric acid groups is 2. The second kappa shape index (κ2) is 69.8. The summed E-state index contributed by atoms with van der Waals surface area (Å²) in [6.07, 6.45) is 58.0. The summed E-state index contributed by atoms with van der Waals surface area (Å²) < 4.78 is 68.6. The van der Waals surface area contributed by atoms with Crippen molar-refractivity contribution < 1.29 is 80.2 Å². The molecule has 0 saturated heterocycles. The van der Waals surface area contributed by atoms with Crippen LogP contribution in [0.25, 0.3) is 0 Å². The van der Waals surface area contributed by atoms with E-state index in [1.165, 1.54) is 225 Å². The summed E-state index contributed by atoms with van der Waals surface area (Å²) in [6.45, 7) is 9.69. The number of hydrogen-bond acceptors (Lipinski definition) is 15. The maximum atomic E-state index is 13.1. The first-order valence-electron chi connectivity index (χ1n) is 40.6. The van der Waals surface area contributed by atoms with Gasteiger partial charge in [-0.1, -0.05) is 356 Å². The van der Waals surface area contributed by atoms with Gasteiger partial charge >= 0.3 is 39.5 Å². The molecular weight excluding hydrogens is 1270 g/mol. The van der Waals surface area contributed by atoms with Gasteiger partial charge in [0.2, 0.25) is 0 Å². The summed E-state index contributed by atoms with van der Waals surface area (Å²) in [7, 11) is -9.91. The van der Waals surface area contributed by atoms with Crippen molar-refractivity contribution in [3.63, 3.8) is 0 Å². The van der Waals surface area contributed by atoms with E-state index in [2.05, 4.69) is 41.5 Å². The van der Waals surface area contributed by atoms with E-state index in [4.69, 9.17) is 37.0 Å². The zero-order valence-electron chi connectivity index (χ0n) is 63.4. The molecule has 0 aliphatic rings. The van der Waals surface area contributed by atoms with Crippen LogP contribution in [0.5, 0.6) is 0 Å². The quantitative estimate of drug-likeness (QED) is 0.0222. The fourth-order valence-electron chi connectivity index (χ4n) is 11.9. The minimum absolute atomic E-state index is 0.107. The van der Waals surface area contributed by atoms with Crippen LogP contribution in [0.15, 0.2) is 0 Å². The van der Waals surface area contributed by atoms with Gasteiger partial charge in [0.05, 0.1) is 26.4 Å². The molecule has 0 amide bonds. The van der Waals surface area contributed by atoms with Crippen molar-refractivity contribution >= 4 is 39.5 Å². The van der Waals surface area contributed by atoms with E-state index in [1.54, 1.807) is 0 Å². The number of esters is 4. The molecule has 3 N–H and O–H groups in total. The van der Waals surface area contributed by atoms with Gasteiger partial charge in [0.15, 0.2) is 12.2 Å². The third kappa shape index (κ3) is 69.5. The molecule has 0 aromatic heterocycles. The molecule has 0 aromatic carbocycles. The lowest BCUT2D eigenvalue weighted by molar-refractivity contribution is -0.161. The first-order chi connectivity index (χ1) is 46.9. The predicted molar refractivity (Wildman–Crippen MR) is 395 cm³/mol. The Morgan fingerprint density at radius 2 is 0.495 bits per heavy atom. The summed E-state index contributed by atoms with van der Waals surface area (Å²) in [6, 6.07) is 0. The monoisotopic (exact) mass is 1420 g/mol. The highest BCUT2D eigenvalue weighted by molar-refractivity contribution is 7.47. The van der Waals surface area contributed by atoms with Gasteiger partial charge in [0, 0.05) is 25.7 Å². The lowest BCUT2D eigenvalue weighted by atomic mass is 9.99. The van der Waals surface area contributed by atoms with Crippen LogP contribution in [0.2, 0.25) is 0 Å². The maximum absolute atomic E-state index is 13.1. The first-order valence-corrected chi connectivity index (χ1v) is 43.6. The summed E-state index contributed by atoms with van der Waals surface area (Å²) >= 11 is 0. The van der Waals surface area contributed by atoms with Crippen LogP contribution in [-0.2, 0) is 65.4 Å². The number of hydrogen-bond donors (Lipinski definition) is 3. The highest BCUT2D eigenvalue weighted by atomic mass is 31.2. The smallest absolute Gasteiger partial charge is 0.462 e. The van der Waals surface area contributed by atoms with Crippen molar-refractivity contribution in [3.05, 3.63) is 0 Å². The average Bonchev–Trinajstić information content (AvgIpc) is 1.80. The molecule has 0 bridgehead atoms. The summed E-state index contributed by atoms with van der Waals surface area (Å²) in [5, 5.41) is 10.6. The van der Waals surface area contributed by atoms with E-state index >= 15 is 0 Å². The normalized spacial score (nSPS) is 14.5. The number of carbonyl (C=O) groups excluding carboxylic acids is 4. The molecule has 0 heterocycles. The molecule has 4 unspecified atom stereocenters. The van der Waals surface area contributed by atoms with Gasteiger partial charge in [-0.3, -0.25) is 37.3 Å². The molecule has 0 spiro atoms. The molecule has 97 heavy (non-hydrogen) atoms. The fourth-order valence-corrected chi connectivity index (χ4v) is 13.5. The molecule has 0 aliphatic carbocycles. The van der Waals surface area contributed by atoms with Crippen molar-refractivity contribution in [3.8, 4) is 0 Å². The maximum Gasteiger partial charge on any atom is 0.472 e. The standard InChI is InChI=1S/C78H152O17P2/c1-7-11-13-15-17-19-21-22-23-27-30-37-43-49-55-61-76(81)89-67-74(94-77(82)62-56-50-44-38-31-28-25-24-26-29-34-40-46-52-58-70(5)9-3)69-93-97(86,87)91-65-72(79)64-90-96(84,85)92-68-73(66-88-75(80)60-54-48-42-36-20-18-16-14-12-8-2)95-78(83)63-57-51-45-39-33-32-35-41-47-53-59-71(6)10-4/h70-74,79H,7-69H2,1-6H3,(H,84,85)(H,86,87)/t70?,71?,72-,73+,74+/m0/s1. The van der Waals surface area contributed by atoms with Crippen LogP contribution in [0.4, 0.5) is 0 Å². The molecule has 0 rings (SSSR count). The summed E-state index contributed by atoms with van der Waals surface area (Å²) in [5.41, 5.74) is 0. The Hall–Kier alpha value is -1.94. The van der Waals surface area contributed by atoms with Crippen LogP contribution in [-0.4, -0.2) is 96.7 Å². The van der Waals surface area contributed by atoms with Crippen molar-refractivity contribution in [1.82, 2.24) is 0 Å². The number of aliphatic hydroxyl groups is 1. The Morgan fingerprint density at radius 3 is 0.732 bits per heavy atom. The topological polar surface area (TPSA) is 237 Å². The van der Waals surface area contributed by atoms with E-state index in [0.717, 1.165) is 102 Å². The van der Waals surface area contributed by atoms with Gasteiger partial charge in [0.1, 0.15) is 19.3 Å². The van der Waals surface area contributed by atoms with E-state index < -0.39 is 97.5 Å². The summed E-state index contributed by atoms with van der Waals surface area (Å²) in [4.78, 5) is 72.9. The number of unbranched alkanes of at least 4 members (excludes halogenated alkanes) is 45. The third-order valence-electron chi connectivity index (χ3n) is 18.9. The molecule has 19 heteroatoms. The molecular formula is C78H152O17P2. The lowest BCUT2D eigenvalue weighted by Gasteiger charge is -2.21. The van der Waals surface area contributed by atoms with E-state index in [-0.39, 0.29) is 25.7 Å². The number of phosphoric ester groups is 2. The van der Waals surface area contributed by atoms with E-state index in [1.807, 2.05) is 0 Å². The average molecular weight is 1420 g/mol. The zero-order valence-corrected chi connectivity index (χ0v) is 65.2. The van der Waals surface area contributed by atoms with Crippen molar-refractivity contribution in [2.45, 2.75) is 426 Å². The van der Waals surface area contributed by atoms with Crippen molar-refractivity contribution in [1.29, 1.82) is 0 Å². The van der Waals surface area contributed by atoms with Gasteiger partial charge in [-0.05, 0) is 37.5 Å². The Bertz CT molecular complexity index is 1880. The number of rotatable bonds is 77. The fraction of sp³-hybridized carbons (Fsp3) is 0.949. The van der Waals surface area contributed by atoms with Crippen LogP contribution >= 0.6 is 15.6 Å². The second-order valence-electron chi connectivity index (χ2n) is 28.6. The predicted octanol–water partition coefficient (Wildman–Crippen LogP) is 23.1. The lowest BCUT2D eigenvalue weighted by Crippen LogP contribution is -2.30. The van der Waals surface area contributed by atoms with Gasteiger partial charge < -0.3 is 33.8 Å². The van der Waals surface area contributed by atoms with Gasteiger partial charge in [0.25, 0.3) is 0 Å². The van der Waals surface area contributed by atoms with Crippen LogP contribution < -0.4 is 0 Å². The van der Waals surface area contributed by atoms with Gasteiger partial charge in [-0.2, -0.15) is 0 Å². The molecule has 0 radical (unpaired) electrons. The SMILES string of the molecule is CCCCCCCCCCCCCCCCCC(=O)OC[C@H](COP(=O)(O)OC[C@@H](O)COP(=O)(O)OC[C@@H](COC(=O)CCCCCCCCCCCC)OC(=O)CCCCCCCCCCCCC(C)CC)OC(=O)CCCCCCCCCCCCCCCCC(C)CC. The third-order valence-corrected chi connectivity index (χ3v) is 20.8. The molecule has 576 valence electrons. The summed E-state index contributed by atoms with van der Waals surface area (Å²) in [5.74, 6) is -0.462. The molecule has 17 nitrogen and oxygen atoms in total. The Kier molecular flexibility index (Phi) is 68.4. The highest BCUT2D eigenvalue weighted by Crippen LogP contribution is 2.45. The van der Waals surface area contributed by atoms with Gasteiger partial charge in [-0.25, -0.2) is 9.13 Å². The Morgan fingerprint density at radius 1 is 0.289 bits per heavy atom. The van der Waals surface area contributed by atoms with Crippen LogP contribution in [0.1, 0.15) is 408 Å².